The van der Waals surface area contributed by atoms with Crippen LogP contribution in [0.2, 0.25) is 0 Å². The van der Waals surface area contributed by atoms with Crippen molar-refractivity contribution in [3.05, 3.63) is 24.3 Å². The molecular weight excluding hydrogens is 180 g/mol. The number of nitrogens with two attached hydrogens (primary N) is 1. The highest BCUT2D eigenvalue weighted by molar-refractivity contribution is 5.51. The first kappa shape index (κ1) is 10.8. The van der Waals surface area contributed by atoms with E-state index in [-0.39, 0.29) is 6.61 Å². The van der Waals surface area contributed by atoms with Gasteiger partial charge in [0.1, 0.15) is 0 Å². The maximum absolute atomic E-state index is 9.07. The molecular formula is C10H16N2O2. The van der Waals surface area contributed by atoms with Crippen molar-refractivity contribution in [3.63, 3.8) is 0 Å². The van der Waals surface area contributed by atoms with Gasteiger partial charge in [-0.05, 0) is 30.7 Å². The summed E-state index contributed by atoms with van der Waals surface area (Å²) in [6.07, 6.45) is -0.114. The molecule has 0 heterocycles. The second kappa shape index (κ2) is 5.47. The van der Waals surface area contributed by atoms with Crippen LogP contribution in [0.1, 0.15) is 6.42 Å². The zero-order chi connectivity index (χ0) is 10.4. The normalized spacial score (nSPS) is 12.4. The molecule has 14 heavy (non-hydrogen) atoms. The molecule has 4 heteroatoms. The fourth-order valence-corrected chi connectivity index (χ4v) is 1.08. The largest absolute Gasteiger partial charge is 0.399 e. The number of benzene rings is 1. The van der Waals surface area contributed by atoms with Gasteiger partial charge in [-0.25, -0.2) is 0 Å². The van der Waals surface area contributed by atoms with E-state index in [2.05, 4.69) is 5.32 Å². The summed E-state index contributed by atoms with van der Waals surface area (Å²) in [5.41, 5.74) is 7.21. The van der Waals surface area contributed by atoms with Gasteiger partial charge in [-0.3, -0.25) is 0 Å². The quantitative estimate of drug-likeness (QED) is 0.515. The third-order valence-electron chi connectivity index (χ3n) is 1.93. The van der Waals surface area contributed by atoms with Crippen molar-refractivity contribution < 1.29 is 10.2 Å². The first-order valence-corrected chi connectivity index (χ1v) is 4.60. The Hall–Kier alpha value is -1.26. The number of hydrogen-bond acceptors (Lipinski definition) is 4. The van der Waals surface area contributed by atoms with Gasteiger partial charge in [0.05, 0.1) is 12.7 Å². The molecule has 5 N–H and O–H groups in total. The summed E-state index contributed by atoms with van der Waals surface area (Å²) in [6, 6.07) is 7.37. The molecule has 0 radical (unpaired) electrons. The van der Waals surface area contributed by atoms with Crippen molar-refractivity contribution in [1.82, 2.24) is 0 Å². The van der Waals surface area contributed by atoms with Gasteiger partial charge in [0, 0.05) is 17.9 Å². The standard InChI is InChI=1S/C10H16N2O2/c11-8-1-3-9(4-2-8)12-6-5-10(14)7-13/h1-4,10,12-14H,5-7,11H2. The Bertz CT molecular complexity index is 261. The number of hydrogen-bond donors (Lipinski definition) is 4. The van der Waals surface area contributed by atoms with Crippen LogP contribution in [0, 0.1) is 0 Å². The monoisotopic (exact) mass is 196 g/mol. The first-order valence-electron chi connectivity index (χ1n) is 4.60. The van der Waals surface area contributed by atoms with Gasteiger partial charge in [-0.15, -0.1) is 0 Å². The van der Waals surface area contributed by atoms with E-state index in [1.54, 1.807) is 0 Å². The van der Waals surface area contributed by atoms with Crippen LogP contribution in [0.15, 0.2) is 24.3 Å². The Morgan fingerprint density at radius 2 is 1.93 bits per heavy atom. The fourth-order valence-electron chi connectivity index (χ4n) is 1.08. The van der Waals surface area contributed by atoms with Crippen molar-refractivity contribution in [1.29, 1.82) is 0 Å². The molecule has 0 aliphatic heterocycles. The summed E-state index contributed by atoms with van der Waals surface area (Å²) in [5.74, 6) is 0. The average molecular weight is 196 g/mol. The highest BCUT2D eigenvalue weighted by Crippen LogP contribution is 2.10. The lowest BCUT2D eigenvalue weighted by Crippen LogP contribution is -2.16. The SMILES string of the molecule is Nc1ccc(NCCC(O)CO)cc1. The Kier molecular flexibility index (Phi) is 4.22. The molecule has 1 unspecified atom stereocenters. The van der Waals surface area contributed by atoms with E-state index in [4.69, 9.17) is 15.9 Å². The zero-order valence-corrected chi connectivity index (χ0v) is 7.98. The molecule has 0 aliphatic rings. The molecule has 1 aromatic rings. The lowest BCUT2D eigenvalue weighted by atomic mass is 10.2. The van der Waals surface area contributed by atoms with Gasteiger partial charge in [-0.1, -0.05) is 0 Å². The lowest BCUT2D eigenvalue weighted by molar-refractivity contribution is 0.0911. The van der Waals surface area contributed by atoms with Gasteiger partial charge < -0.3 is 21.3 Å². The molecule has 78 valence electrons. The molecule has 0 bridgehead atoms. The first-order chi connectivity index (χ1) is 6.72. The third-order valence-corrected chi connectivity index (χ3v) is 1.93. The van der Waals surface area contributed by atoms with Gasteiger partial charge in [0.15, 0.2) is 0 Å². The Balaban J connectivity index is 2.28. The topological polar surface area (TPSA) is 78.5 Å². The summed E-state index contributed by atoms with van der Waals surface area (Å²) < 4.78 is 0. The molecule has 1 rings (SSSR count). The van der Waals surface area contributed by atoms with Gasteiger partial charge >= 0.3 is 0 Å². The van der Waals surface area contributed by atoms with Crippen LogP contribution in [0.25, 0.3) is 0 Å². The third kappa shape index (κ3) is 3.64. The van der Waals surface area contributed by atoms with E-state index < -0.39 is 6.10 Å². The fraction of sp³-hybridized carbons (Fsp3) is 0.400. The Labute approximate surface area is 83.4 Å². The molecule has 0 fully saturated rings. The maximum Gasteiger partial charge on any atom is 0.0787 e. The van der Waals surface area contributed by atoms with E-state index in [1.165, 1.54) is 0 Å². The Morgan fingerprint density at radius 1 is 1.29 bits per heavy atom. The van der Waals surface area contributed by atoms with Crippen molar-refractivity contribution in [2.75, 3.05) is 24.2 Å². The van der Waals surface area contributed by atoms with Crippen molar-refractivity contribution in [2.45, 2.75) is 12.5 Å². The van der Waals surface area contributed by atoms with Crippen LogP contribution in [-0.4, -0.2) is 29.5 Å². The minimum Gasteiger partial charge on any atom is -0.399 e. The highest BCUT2D eigenvalue weighted by atomic mass is 16.3. The number of rotatable bonds is 5. The smallest absolute Gasteiger partial charge is 0.0787 e. The molecule has 0 spiro atoms. The second-order valence-electron chi connectivity index (χ2n) is 3.17. The zero-order valence-electron chi connectivity index (χ0n) is 7.98. The molecule has 1 aromatic carbocycles. The summed E-state index contributed by atoms with van der Waals surface area (Å²) in [6.45, 7) is 0.440. The van der Waals surface area contributed by atoms with E-state index in [9.17, 15) is 0 Å². The minimum atomic E-state index is -0.642. The van der Waals surface area contributed by atoms with Gasteiger partial charge in [0.2, 0.25) is 0 Å². The number of aliphatic hydroxyl groups is 2. The van der Waals surface area contributed by atoms with Crippen LogP contribution < -0.4 is 11.1 Å². The maximum atomic E-state index is 9.07. The summed E-state index contributed by atoms with van der Waals surface area (Å²) in [7, 11) is 0. The van der Waals surface area contributed by atoms with Crippen molar-refractivity contribution in [2.24, 2.45) is 0 Å². The van der Waals surface area contributed by atoms with Crippen molar-refractivity contribution >= 4 is 11.4 Å². The number of nitrogens with one attached hydrogen (secondary N) is 1. The van der Waals surface area contributed by atoms with E-state index in [1.807, 2.05) is 24.3 Å². The predicted molar refractivity (Wildman–Crippen MR) is 57.1 cm³/mol. The number of aliphatic hydroxyl groups excluding tert-OH is 2. The second-order valence-corrected chi connectivity index (χ2v) is 3.17. The van der Waals surface area contributed by atoms with Gasteiger partial charge in [-0.2, -0.15) is 0 Å². The van der Waals surface area contributed by atoms with Crippen LogP contribution >= 0.6 is 0 Å². The molecule has 0 saturated heterocycles. The molecule has 0 aliphatic carbocycles. The summed E-state index contributed by atoms with van der Waals surface area (Å²) in [4.78, 5) is 0. The van der Waals surface area contributed by atoms with Gasteiger partial charge in [0.25, 0.3) is 0 Å². The minimum absolute atomic E-state index is 0.191. The lowest BCUT2D eigenvalue weighted by Gasteiger charge is -2.09. The molecule has 4 nitrogen and oxygen atoms in total. The van der Waals surface area contributed by atoms with Crippen LogP contribution in [0.3, 0.4) is 0 Å². The van der Waals surface area contributed by atoms with E-state index >= 15 is 0 Å². The Morgan fingerprint density at radius 3 is 2.50 bits per heavy atom. The molecule has 0 saturated carbocycles. The molecule has 0 aromatic heterocycles. The van der Waals surface area contributed by atoms with Crippen LogP contribution in [-0.2, 0) is 0 Å². The number of nitrogen functional groups attached to an aromatic ring is 1. The average Bonchev–Trinajstić information content (AvgIpc) is 2.21. The summed E-state index contributed by atoms with van der Waals surface area (Å²) in [5, 5.41) is 20.8. The van der Waals surface area contributed by atoms with E-state index in [0.29, 0.717) is 13.0 Å². The molecule has 1 atom stereocenters. The van der Waals surface area contributed by atoms with Crippen molar-refractivity contribution in [3.8, 4) is 0 Å². The predicted octanol–water partition coefficient (Wildman–Crippen LogP) is 0.424. The van der Waals surface area contributed by atoms with Crippen LogP contribution in [0.4, 0.5) is 11.4 Å². The van der Waals surface area contributed by atoms with Crippen LogP contribution in [0.5, 0.6) is 0 Å². The summed E-state index contributed by atoms with van der Waals surface area (Å²) >= 11 is 0. The number of anilines is 2. The van der Waals surface area contributed by atoms with E-state index in [0.717, 1.165) is 11.4 Å². The highest BCUT2D eigenvalue weighted by Gasteiger charge is 2.00. The molecule has 0 amide bonds.